The van der Waals surface area contributed by atoms with E-state index in [4.69, 9.17) is 21.4 Å². The maximum absolute atomic E-state index is 6.86. The molecule has 0 aliphatic heterocycles. The van der Waals surface area contributed by atoms with Gasteiger partial charge >= 0.3 is 0 Å². The molecule has 0 saturated heterocycles. The lowest BCUT2D eigenvalue weighted by Crippen LogP contribution is -1.95. The first-order chi connectivity index (χ1) is 23.6. The van der Waals surface area contributed by atoms with Gasteiger partial charge < -0.3 is 11.5 Å². The maximum Gasteiger partial charge on any atom is 0.0809 e. The van der Waals surface area contributed by atoms with Crippen molar-refractivity contribution in [2.45, 2.75) is 0 Å². The SMILES string of the molecule is Nc1ccc2c(-c3ccccc3)c3ccc4c(-c5cccc6c5ccc5c(N)c7ccc8ccccc8c7nc56)cccc4c3nc2c1. The monoisotopic (exact) mass is 612 g/mol. The number of rotatable bonds is 2. The van der Waals surface area contributed by atoms with Crippen molar-refractivity contribution >= 4 is 87.3 Å². The number of nitrogens with two attached hydrogens (primary N) is 2. The van der Waals surface area contributed by atoms with Gasteiger partial charge in [-0.05, 0) is 45.0 Å². The standard InChI is InChI=1S/C44H28N4/c45-27-17-19-35-39(24-27)47-43-33-14-6-12-29(31(33)20-22-36(43)40(35)26-9-2-1-3-10-26)30-13-7-15-34-32(30)21-23-38-41(46)37-18-16-25-8-4-5-11-28(25)42(37)48-44(34)38/h1-24H,45H2,(H2,46,48). The number of fused-ring (bicyclic) bond motifs is 10. The molecule has 8 aromatic carbocycles. The van der Waals surface area contributed by atoms with Gasteiger partial charge in [0.2, 0.25) is 0 Å². The molecule has 0 saturated carbocycles. The maximum atomic E-state index is 6.86. The Morgan fingerprint density at radius 2 is 0.938 bits per heavy atom. The van der Waals surface area contributed by atoms with Crippen LogP contribution in [0, 0.1) is 0 Å². The molecule has 48 heavy (non-hydrogen) atoms. The Bertz CT molecular complexity index is 2970. The molecule has 0 amide bonds. The van der Waals surface area contributed by atoms with E-state index >= 15 is 0 Å². The van der Waals surface area contributed by atoms with Crippen molar-refractivity contribution in [3.05, 3.63) is 146 Å². The molecule has 0 bridgehead atoms. The summed E-state index contributed by atoms with van der Waals surface area (Å²) in [6, 6.07) is 51.0. The van der Waals surface area contributed by atoms with Gasteiger partial charge in [-0.2, -0.15) is 0 Å². The van der Waals surface area contributed by atoms with Gasteiger partial charge in [0.25, 0.3) is 0 Å². The summed E-state index contributed by atoms with van der Waals surface area (Å²) in [7, 11) is 0. The number of nitrogens with zero attached hydrogens (tertiary/aromatic N) is 2. The van der Waals surface area contributed by atoms with E-state index in [1.165, 1.54) is 5.56 Å². The third-order valence-electron chi connectivity index (χ3n) is 9.92. The number of nitrogen functional groups attached to an aromatic ring is 2. The van der Waals surface area contributed by atoms with Crippen molar-refractivity contribution in [1.29, 1.82) is 0 Å². The van der Waals surface area contributed by atoms with Crippen LogP contribution in [0.1, 0.15) is 0 Å². The van der Waals surface area contributed by atoms with Crippen LogP contribution in [-0.2, 0) is 0 Å². The van der Waals surface area contributed by atoms with Gasteiger partial charge in [0.1, 0.15) is 0 Å². The number of pyridine rings is 2. The fraction of sp³-hybridized carbons (Fsp3) is 0. The lowest BCUT2D eigenvalue weighted by molar-refractivity contribution is 1.51. The second-order valence-electron chi connectivity index (χ2n) is 12.6. The van der Waals surface area contributed by atoms with E-state index in [1.807, 2.05) is 12.1 Å². The number of benzene rings is 8. The molecule has 0 spiro atoms. The van der Waals surface area contributed by atoms with Crippen molar-refractivity contribution in [3.63, 3.8) is 0 Å². The lowest BCUT2D eigenvalue weighted by Gasteiger charge is -2.16. The molecule has 0 radical (unpaired) electrons. The highest BCUT2D eigenvalue weighted by molar-refractivity contribution is 6.23. The third kappa shape index (κ3) is 3.77. The molecule has 10 rings (SSSR count). The van der Waals surface area contributed by atoms with E-state index in [2.05, 4.69) is 133 Å². The van der Waals surface area contributed by atoms with Crippen LogP contribution in [0.15, 0.2) is 146 Å². The smallest absolute Gasteiger partial charge is 0.0809 e. The summed E-state index contributed by atoms with van der Waals surface area (Å²) in [6.45, 7) is 0. The Hall–Kier alpha value is -6.52. The number of anilines is 2. The average molecular weight is 613 g/mol. The molecule has 0 aliphatic carbocycles. The molecule has 0 aliphatic rings. The summed E-state index contributed by atoms with van der Waals surface area (Å²) in [5.41, 5.74) is 22.9. The molecule has 10 aromatic rings. The molecule has 4 heteroatoms. The second-order valence-corrected chi connectivity index (χ2v) is 12.6. The molecule has 0 unspecified atom stereocenters. The zero-order chi connectivity index (χ0) is 31.9. The highest BCUT2D eigenvalue weighted by atomic mass is 14.7. The molecular weight excluding hydrogens is 585 g/mol. The molecule has 0 atom stereocenters. The van der Waals surface area contributed by atoms with Crippen LogP contribution < -0.4 is 11.5 Å². The van der Waals surface area contributed by atoms with Crippen LogP contribution in [-0.4, -0.2) is 9.97 Å². The fourth-order valence-electron chi connectivity index (χ4n) is 7.70. The van der Waals surface area contributed by atoms with E-state index in [0.717, 1.165) is 98.3 Å². The van der Waals surface area contributed by atoms with Gasteiger partial charge in [0.15, 0.2) is 0 Å². The van der Waals surface area contributed by atoms with Gasteiger partial charge in [-0.15, -0.1) is 0 Å². The highest BCUT2D eigenvalue weighted by Gasteiger charge is 2.18. The van der Waals surface area contributed by atoms with Gasteiger partial charge in [0, 0.05) is 49.0 Å². The average Bonchev–Trinajstić information content (AvgIpc) is 3.13. The Morgan fingerprint density at radius 1 is 0.375 bits per heavy atom. The topological polar surface area (TPSA) is 77.8 Å². The highest BCUT2D eigenvalue weighted by Crippen LogP contribution is 2.43. The summed E-state index contributed by atoms with van der Waals surface area (Å²) in [5.74, 6) is 0. The Labute approximate surface area is 275 Å². The van der Waals surface area contributed by atoms with Gasteiger partial charge in [-0.25, -0.2) is 9.97 Å². The summed E-state index contributed by atoms with van der Waals surface area (Å²) < 4.78 is 0. The van der Waals surface area contributed by atoms with Crippen LogP contribution in [0.3, 0.4) is 0 Å². The predicted molar refractivity (Wildman–Crippen MR) is 204 cm³/mol. The third-order valence-corrected chi connectivity index (χ3v) is 9.92. The van der Waals surface area contributed by atoms with Gasteiger partial charge in [-0.1, -0.05) is 133 Å². The van der Waals surface area contributed by atoms with E-state index in [9.17, 15) is 0 Å². The van der Waals surface area contributed by atoms with Crippen molar-refractivity contribution in [2.75, 3.05) is 11.5 Å². The first-order valence-corrected chi connectivity index (χ1v) is 16.2. The van der Waals surface area contributed by atoms with Crippen LogP contribution in [0.5, 0.6) is 0 Å². The second kappa shape index (κ2) is 9.99. The van der Waals surface area contributed by atoms with Crippen LogP contribution in [0.2, 0.25) is 0 Å². The summed E-state index contributed by atoms with van der Waals surface area (Å²) in [4.78, 5) is 10.6. The quantitative estimate of drug-likeness (QED) is 0.116. The van der Waals surface area contributed by atoms with E-state index in [1.54, 1.807) is 0 Å². The van der Waals surface area contributed by atoms with Crippen LogP contribution in [0.25, 0.3) is 98.2 Å². The minimum atomic E-state index is 0.701. The summed E-state index contributed by atoms with van der Waals surface area (Å²) in [6.07, 6.45) is 0. The summed E-state index contributed by atoms with van der Waals surface area (Å²) >= 11 is 0. The molecule has 0 fully saturated rings. The van der Waals surface area contributed by atoms with Crippen molar-refractivity contribution in [2.24, 2.45) is 0 Å². The Morgan fingerprint density at radius 3 is 1.69 bits per heavy atom. The van der Waals surface area contributed by atoms with Crippen molar-refractivity contribution in [1.82, 2.24) is 9.97 Å². The largest absolute Gasteiger partial charge is 0.399 e. The van der Waals surface area contributed by atoms with Crippen LogP contribution in [0.4, 0.5) is 11.4 Å². The molecule has 4 N–H and O–H groups in total. The number of hydrogen-bond donors (Lipinski definition) is 2. The van der Waals surface area contributed by atoms with Crippen molar-refractivity contribution in [3.8, 4) is 22.3 Å². The minimum Gasteiger partial charge on any atom is -0.399 e. The Balaban J connectivity index is 1.27. The first-order valence-electron chi connectivity index (χ1n) is 16.2. The van der Waals surface area contributed by atoms with Gasteiger partial charge in [-0.3, -0.25) is 0 Å². The first kappa shape index (κ1) is 26.7. The molecule has 2 aromatic heterocycles. The zero-order valence-electron chi connectivity index (χ0n) is 25.9. The van der Waals surface area contributed by atoms with E-state index in [-0.39, 0.29) is 0 Å². The van der Waals surface area contributed by atoms with Crippen LogP contribution >= 0.6 is 0 Å². The number of hydrogen-bond acceptors (Lipinski definition) is 4. The van der Waals surface area contributed by atoms with Gasteiger partial charge in [0.05, 0.1) is 27.8 Å². The zero-order valence-corrected chi connectivity index (χ0v) is 25.9. The molecular formula is C44H28N4. The Kier molecular flexibility index (Phi) is 5.55. The predicted octanol–water partition coefficient (Wildman–Crippen LogP) is 11.0. The van der Waals surface area contributed by atoms with Crippen molar-refractivity contribution < 1.29 is 0 Å². The summed E-state index contributed by atoms with van der Waals surface area (Å²) in [5, 5.41) is 10.9. The molecule has 224 valence electrons. The minimum absolute atomic E-state index is 0.701. The molecule has 2 heterocycles. The van der Waals surface area contributed by atoms with E-state index < -0.39 is 0 Å². The fourth-order valence-corrected chi connectivity index (χ4v) is 7.70. The van der Waals surface area contributed by atoms with E-state index in [0.29, 0.717) is 5.69 Å². The molecule has 4 nitrogen and oxygen atoms in total. The number of aromatic nitrogens is 2. The lowest BCUT2D eigenvalue weighted by atomic mass is 9.90. The normalized spacial score (nSPS) is 11.9.